The minimum absolute atomic E-state index is 0.156. The average molecular weight is 376 g/mol. The van der Waals surface area contributed by atoms with E-state index >= 15 is 0 Å². The van der Waals surface area contributed by atoms with Gasteiger partial charge in [0.1, 0.15) is 0 Å². The Kier molecular flexibility index (Phi) is 6.05. The topological polar surface area (TPSA) is 43.9 Å². The molecule has 1 spiro atoms. The Balaban J connectivity index is 1.25. The van der Waals surface area contributed by atoms with Crippen molar-refractivity contribution in [2.45, 2.75) is 70.6 Å². The van der Waals surface area contributed by atoms with Gasteiger partial charge in [-0.15, -0.1) is 0 Å². The molecule has 0 unspecified atom stereocenters. The number of hydrogen-bond donors (Lipinski definition) is 0. The van der Waals surface area contributed by atoms with E-state index in [1.165, 1.54) is 71.0 Å². The van der Waals surface area contributed by atoms with Gasteiger partial charge in [-0.1, -0.05) is 32.1 Å². The second kappa shape index (κ2) is 8.50. The van der Waals surface area contributed by atoms with Crippen molar-refractivity contribution in [3.8, 4) is 0 Å². The molecule has 3 aliphatic heterocycles. The third-order valence-electron chi connectivity index (χ3n) is 7.61. The summed E-state index contributed by atoms with van der Waals surface area (Å²) in [5.74, 6) is 1.28. The Morgan fingerprint density at radius 3 is 2.59 bits per heavy atom. The van der Waals surface area contributed by atoms with Gasteiger partial charge in [0.25, 0.3) is 0 Å². The lowest BCUT2D eigenvalue weighted by Crippen LogP contribution is -2.47. The number of carbonyl (C=O) groups excluding carboxylic acids is 2. The SMILES string of the molecule is O=C1CCCN1CC(=O)N1CC[C@@]2(CCCN(CCC3CCCCC3)C2)C1. The van der Waals surface area contributed by atoms with Crippen LogP contribution in [0.2, 0.25) is 0 Å². The summed E-state index contributed by atoms with van der Waals surface area (Å²) in [6.45, 7) is 6.53. The van der Waals surface area contributed by atoms with E-state index in [1.807, 2.05) is 0 Å². The summed E-state index contributed by atoms with van der Waals surface area (Å²) in [5, 5.41) is 0. The van der Waals surface area contributed by atoms with Gasteiger partial charge in [0.15, 0.2) is 0 Å². The standard InChI is InChI=1S/C22H37N3O2/c26-20-8-4-13-24(20)16-21(27)25-15-11-22(18-25)10-5-12-23(17-22)14-9-19-6-2-1-3-7-19/h19H,1-18H2/t22-/m1/s1. The molecule has 4 rings (SSSR count). The fourth-order valence-electron chi connectivity index (χ4n) is 5.96. The molecule has 4 fully saturated rings. The Morgan fingerprint density at radius 2 is 1.81 bits per heavy atom. The molecule has 0 N–H and O–H groups in total. The normalized spacial score (nSPS) is 30.6. The van der Waals surface area contributed by atoms with Crippen LogP contribution in [-0.2, 0) is 9.59 Å². The Bertz CT molecular complexity index is 546. The Labute approximate surface area is 164 Å². The molecule has 1 saturated carbocycles. The largest absolute Gasteiger partial charge is 0.341 e. The first-order valence-electron chi connectivity index (χ1n) is 11.4. The van der Waals surface area contributed by atoms with Crippen molar-refractivity contribution in [2.75, 3.05) is 45.8 Å². The van der Waals surface area contributed by atoms with Gasteiger partial charge in [-0.05, 0) is 51.1 Å². The average Bonchev–Trinajstić information content (AvgIpc) is 3.28. The summed E-state index contributed by atoms with van der Waals surface area (Å²) < 4.78 is 0. The van der Waals surface area contributed by atoms with Crippen LogP contribution in [0.15, 0.2) is 0 Å². The Hall–Kier alpha value is -1.10. The van der Waals surface area contributed by atoms with Gasteiger partial charge >= 0.3 is 0 Å². The predicted molar refractivity (Wildman–Crippen MR) is 106 cm³/mol. The van der Waals surface area contributed by atoms with Gasteiger partial charge in [-0.25, -0.2) is 0 Å². The molecule has 2 amide bonds. The van der Waals surface area contributed by atoms with Crippen molar-refractivity contribution in [1.29, 1.82) is 0 Å². The van der Waals surface area contributed by atoms with Gasteiger partial charge < -0.3 is 14.7 Å². The number of rotatable bonds is 5. The summed E-state index contributed by atoms with van der Waals surface area (Å²) >= 11 is 0. The van der Waals surface area contributed by atoms with Crippen molar-refractivity contribution < 1.29 is 9.59 Å². The lowest BCUT2D eigenvalue weighted by Gasteiger charge is -2.41. The second-order valence-corrected chi connectivity index (χ2v) is 9.66. The lowest BCUT2D eigenvalue weighted by molar-refractivity contribution is -0.138. The molecule has 0 radical (unpaired) electrons. The quantitative estimate of drug-likeness (QED) is 0.742. The van der Waals surface area contributed by atoms with E-state index in [2.05, 4.69) is 9.80 Å². The van der Waals surface area contributed by atoms with E-state index in [9.17, 15) is 9.59 Å². The highest BCUT2D eigenvalue weighted by Gasteiger charge is 2.43. The van der Waals surface area contributed by atoms with Gasteiger partial charge in [0.05, 0.1) is 6.54 Å². The van der Waals surface area contributed by atoms with Crippen molar-refractivity contribution >= 4 is 11.8 Å². The zero-order valence-corrected chi connectivity index (χ0v) is 17.0. The molecule has 27 heavy (non-hydrogen) atoms. The first kappa shape index (κ1) is 19.2. The molecule has 0 aromatic carbocycles. The first-order valence-corrected chi connectivity index (χ1v) is 11.4. The summed E-state index contributed by atoms with van der Waals surface area (Å²) in [7, 11) is 0. The van der Waals surface area contributed by atoms with E-state index < -0.39 is 0 Å². The van der Waals surface area contributed by atoms with Gasteiger partial charge in [-0.2, -0.15) is 0 Å². The fourth-order valence-corrected chi connectivity index (χ4v) is 5.96. The molecule has 0 aromatic rings. The van der Waals surface area contributed by atoms with E-state index in [4.69, 9.17) is 0 Å². The highest BCUT2D eigenvalue weighted by molar-refractivity contribution is 5.86. The molecule has 3 heterocycles. The molecular weight excluding hydrogens is 338 g/mol. The van der Waals surface area contributed by atoms with E-state index in [0.29, 0.717) is 18.4 Å². The number of likely N-dealkylation sites (tertiary alicyclic amines) is 3. The molecule has 5 nitrogen and oxygen atoms in total. The molecule has 4 aliphatic rings. The van der Waals surface area contributed by atoms with Gasteiger partial charge in [0, 0.05) is 38.0 Å². The van der Waals surface area contributed by atoms with Crippen LogP contribution >= 0.6 is 0 Å². The second-order valence-electron chi connectivity index (χ2n) is 9.66. The highest BCUT2D eigenvalue weighted by atomic mass is 16.2. The van der Waals surface area contributed by atoms with Crippen LogP contribution in [0.5, 0.6) is 0 Å². The molecule has 3 saturated heterocycles. The number of carbonyl (C=O) groups is 2. The minimum atomic E-state index is 0.156. The molecule has 1 atom stereocenters. The zero-order valence-electron chi connectivity index (χ0n) is 17.0. The first-order chi connectivity index (χ1) is 13.1. The number of nitrogens with zero attached hydrogens (tertiary/aromatic N) is 3. The highest BCUT2D eigenvalue weighted by Crippen LogP contribution is 2.39. The zero-order chi connectivity index (χ0) is 18.7. The molecule has 0 aromatic heterocycles. The number of amides is 2. The minimum Gasteiger partial charge on any atom is -0.341 e. The molecule has 0 bridgehead atoms. The van der Waals surface area contributed by atoms with Crippen molar-refractivity contribution in [1.82, 2.24) is 14.7 Å². The van der Waals surface area contributed by atoms with Crippen LogP contribution < -0.4 is 0 Å². The van der Waals surface area contributed by atoms with E-state index in [-0.39, 0.29) is 11.8 Å². The van der Waals surface area contributed by atoms with E-state index in [1.54, 1.807) is 4.90 Å². The predicted octanol–water partition coefficient (Wildman–Crippen LogP) is 2.89. The smallest absolute Gasteiger partial charge is 0.242 e. The van der Waals surface area contributed by atoms with Crippen LogP contribution in [0.3, 0.4) is 0 Å². The van der Waals surface area contributed by atoms with E-state index in [0.717, 1.165) is 38.4 Å². The summed E-state index contributed by atoms with van der Waals surface area (Å²) in [6, 6.07) is 0. The summed E-state index contributed by atoms with van der Waals surface area (Å²) in [4.78, 5) is 31.0. The molecule has 5 heteroatoms. The lowest BCUT2D eigenvalue weighted by atomic mass is 9.79. The van der Waals surface area contributed by atoms with Crippen molar-refractivity contribution in [2.24, 2.45) is 11.3 Å². The van der Waals surface area contributed by atoms with Crippen LogP contribution in [-0.4, -0.2) is 72.3 Å². The van der Waals surface area contributed by atoms with Crippen LogP contribution in [0.1, 0.15) is 70.6 Å². The third kappa shape index (κ3) is 4.67. The Morgan fingerprint density at radius 1 is 0.963 bits per heavy atom. The monoisotopic (exact) mass is 375 g/mol. The maximum absolute atomic E-state index is 12.7. The summed E-state index contributed by atoms with van der Waals surface area (Å²) in [5.41, 5.74) is 0.315. The number of hydrogen-bond acceptors (Lipinski definition) is 3. The summed E-state index contributed by atoms with van der Waals surface area (Å²) in [6.07, 6.45) is 13.8. The molecule has 1 aliphatic carbocycles. The fraction of sp³-hybridized carbons (Fsp3) is 0.909. The van der Waals surface area contributed by atoms with Gasteiger partial charge in [-0.3, -0.25) is 9.59 Å². The van der Waals surface area contributed by atoms with Crippen LogP contribution in [0.25, 0.3) is 0 Å². The van der Waals surface area contributed by atoms with Gasteiger partial charge in [0.2, 0.25) is 11.8 Å². The maximum Gasteiger partial charge on any atom is 0.242 e. The van der Waals surface area contributed by atoms with Crippen LogP contribution in [0, 0.1) is 11.3 Å². The number of piperidine rings is 1. The third-order valence-corrected chi connectivity index (χ3v) is 7.61. The van der Waals surface area contributed by atoms with Crippen LogP contribution in [0.4, 0.5) is 0 Å². The molecule has 152 valence electrons. The maximum atomic E-state index is 12.7. The molecular formula is C22H37N3O2. The van der Waals surface area contributed by atoms with Crippen molar-refractivity contribution in [3.05, 3.63) is 0 Å². The van der Waals surface area contributed by atoms with Crippen molar-refractivity contribution in [3.63, 3.8) is 0 Å².